The van der Waals surface area contributed by atoms with E-state index in [4.69, 9.17) is 4.74 Å². The molecule has 1 aliphatic rings. The van der Waals surface area contributed by atoms with Crippen LogP contribution < -0.4 is 10.6 Å². The molecule has 0 aromatic heterocycles. The van der Waals surface area contributed by atoms with E-state index in [2.05, 4.69) is 17.6 Å². The largest absolute Gasteiger partial charge is 0.383 e. The van der Waals surface area contributed by atoms with Gasteiger partial charge in [-0.15, -0.1) is 0 Å². The van der Waals surface area contributed by atoms with Gasteiger partial charge in [-0.1, -0.05) is 13.3 Å². The number of urea groups is 1. The normalized spacial score (nSPS) is 24.4. The Morgan fingerprint density at radius 2 is 2.29 bits per heavy atom. The molecule has 2 amide bonds. The molecule has 0 saturated heterocycles. The molecule has 1 fully saturated rings. The lowest BCUT2D eigenvalue weighted by Crippen LogP contribution is -2.45. The van der Waals surface area contributed by atoms with Crippen LogP contribution in [-0.4, -0.2) is 43.3 Å². The fraction of sp³-hybridized carbons (Fsp3) is 0.917. The van der Waals surface area contributed by atoms with Gasteiger partial charge in [0, 0.05) is 24.9 Å². The zero-order chi connectivity index (χ0) is 12.5. The van der Waals surface area contributed by atoms with Crippen molar-refractivity contribution in [1.29, 1.82) is 0 Å². The van der Waals surface area contributed by atoms with Crippen molar-refractivity contribution in [2.75, 3.05) is 26.0 Å². The lowest BCUT2D eigenvalue weighted by atomic mass is 9.95. The van der Waals surface area contributed by atoms with Crippen LogP contribution in [-0.2, 0) is 4.74 Å². The fourth-order valence-electron chi connectivity index (χ4n) is 2.17. The first-order valence-corrected chi connectivity index (χ1v) is 7.46. The van der Waals surface area contributed by atoms with Crippen molar-refractivity contribution in [3.05, 3.63) is 0 Å². The maximum atomic E-state index is 11.6. The van der Waals surface area contributed by atoms with Gasteiger partial charge in [-0.3, -0.25) is 0 Å². The van der Waals surface area contributed by atoms with Crippen molar-refractivity contribution in [2.45, 2.75) is 43.9 Å². The highest BCUT2D eigenvalue weighted by atomic mass is 32.2. The summed E-state index contributed by atoms with van der Waals surface area (Å²) >= 11 is 2.01. The predicted molar refractivity (Wildman–Crippen MR) is 72.6 cm³/mol. The topological polar surface area (TPSA) is 50.4 Å². The summed E-state index contributed by atoms with van der Waals surface area (Å²) in [5.74, 6) is 1.16. The molecule has 2 unspecified atom stereocenters. The summed E-state index contributed by atoms with van der Waals surface area (Å²) in [6.45, 7) is 3.33. The second kappa shape index (κ2) is 8.64. The van der Waals surface area contributed by atoms with Crippen LogP contribution in [0.15, 0.2) is 0 Å². The first kappa shape index (κ1) is 14.6. The molecule has 1 aliphatic carbocycles. The summed E-state index contributed by atoms with van der Waals surface area (Å²) in [4.78, 5) is 11.6. The molecule has 1 rings (SSSR count). The van der Waals surface area contributed by atoms with Gasteiger partial charge < -0.3 is 15.4 Å². The van der Waals surface area contributed by atoms with Gasteiger partial charge in [-0.2, -0.15) is 11.8 Å². The first-order valence-electron chi connectivity index (χ1n) is 6.41. The van der Waals surface area contributed by atoms with Crippen LogP contribution >= 0.6 is 11.8 Å². The maximum Gasteiger partial charge on any atom is 0.315 e. The first-order chi connectivity index (χ1) is 8.26. The summed E-state index contributed by atoms with van der Waals surface area (Å²) in [7, 11) is 1.63. The fourth-order valence-corrected chi connectivity index (χ4v) is 3.34. The average Bonchev–Trinajstić information content (AvgIpc) is 2.30. The number of carbonyl (C=O) groups is 1. The number of hydrogen-bond donors (Lipinski definition) is 2. The number of hydrogen-bond acceptors (Lipinski definition) is 3. The summed E-state index contributed by atoms with van der Waals surface area (Å²) in [6.07, 6.45) is 4.73. The predicted octanol–water partition coefficient (Wildman–Crippen LogP) is 2.00. The highest BCUT2D eigenvalue weighted by Crippen LogP contribution is 2.28. The van der Waals surface area contributed by atoms with E-state index >= 15 is 0 Å². The number of amides is 2. The Kier molecular flexibility index (Phi) is 7.44. The van der Waals surface area contributed by atoms with Gasteiger partial charge in [0.15, 0.2) is 0 Å². The molecule has 4 nitrogen and oxygen atoms in total. The third-order valence-corrected chi connectivity index (χ3v) is 4.19. The molecule has 0 aromatic carbocycles. The Morgan fingerprint density at radius 1 is 1.47 bits per heavy atom. The summed E-state index contributed by atoms with van der Waals surface area (Å²) < 4.78 is 4.89. The van der Waals surface area contributed by atoms with Crippen LogP contribution in [0, 0.1) is 0 Å². The van der Waals surface area contributed by atoms with E-state index in [1.807, 2.05) is 11.8 Å². The smallest absolute Gasteiger partial charge is 0.315 e. The maximum absolute atomic E-state index is 11.6. The summed E-state index contributed by atoms with van der Waals surface area (Å²) in [5, 5.41) is 6.56. The number of rotatable bonds is 6. The van der Waals surface area contributed by atoms with Crippen LogP contribution in [0.25, 0.3) is 0 Å². The van der Waals surface area contributed by atoms with Gasteiger partial charge in [0.25, 0.3) is 0 Å². The van der Waals surface area contributed by atoms with Gasteiger partial charge in [0.1, 0.15) is 0 Å². The molecule has 100 valence electrons. The molecule has 0 radical (unpaired) electrons. The van der Waals surface area contributed by atoms with E-state index in [-0.39, 0.29) is 6.03 Å². The minimum Gasteiger partial charge on any atom is -0.383 e. The van der Waals surface area contributed by atoms with Crippen molar-refractivity contribution < 1.29 is 9.53 Å². The molecule has 0 aromatic rings. The Morgan fingerprint density at radius 3 is 3.00 bits per heavy atom. The van der Waals surface area contributed by atoms with Crippen LogP contribution in [0.3, 0.4) is 0 Å². The van der Waals surface area contributed by atoms with E-state index in [1.165, 1.54) is 12.8 Å². The molecule has 2 N–H and O–H groups in total. The Hall–Kier alpha value is -0.420. The van der Waals surface area contributed by atoms with Crippen molar-refractivity contribution in [3.63, 3.8) is 0 Å². The molecular weight excluding hydrogens is 236 g/mol. The van der Waals surface area contributed by atoms with Crippen molar-refractivity contribution >= 4 is 17.8 Å². The van der Waals surface area contributed by atoms with Crippen molar-refractivity contribution in [1.82, 2.24) is 10.6 Å². The number of ether oxygens (including phenoxy) is 1. The lowest BCUT2D eigenvalue weighted by Gasteiger charge is -2.29. The van der Waals surface area contributed by atoms with Crippen LogP contribution in [0.2, 0.25) is 0 Å². The van der Waals surface area contributed by atoms with Gasteiger partial charge in [0.05, 0.1) is 6.61 Å². The number of carbonyl (C=O) groups excluding carboxylic acids is 1. The van der Waals surface area contributed by atoms with Gasteiger partial charge in [-0.05, 0) is 25.0 Å². The van der Waals surface area contributed by atoms with Crippen LogP contribution in [0.4, 0.5) is 4.79 Å². The SMILES string of the molecule is CCSC1CCCC(NC(=O)NCCOC)C1. The van der Waals surface area contributed by atoms with E-state index < -0.39 is 0 Å². The highest BCUT2D eigenvalue weighted by Gasteiger charge is 2.22. The average molecular weight is 260 g/mol. The highest BCUT2D eigenvalue weighted by molar-refractivity contribution is 7.99. The van der Waals surface area contributed by atoms with E-state index in [0.29, 0.717) is 19.2 Å². The van der Waals surface area contributed by atoms with Crippen molar-refractivity contribution in [2.24, 2.45) is 0 Å². The van der Waals surface area contributed by atoms with Gasteiger partial charge in [-0.25, -0.2) is 4.79 Å². The molecule has 1 saturated carbocycles. The van der Waals surface area contributed by atoms with E-state index in [9.17, 15) is 4.79 Å². The van der Waals surface area contributed by atoms with Crippen LogP contribution in [0.5, 0.6) is 0 Å². The molecule has 0 bridgehead atoms. The Labute approximate surface area is 108 Å². The van der Waals surface area contributed by atoms with E-state index in [1.54, 1.807) is 7.11 Å². The molecule has 5 heteroatoms. The summed E-state index contributed by atoms with van der Waals surface area (Å²) in [6, 6.07) is 0.282. The van der Waals surface area contributed by atoms with Gasteiger partial charge in [0.2, 0.25) is 0 Å². The monoisotopic (exact) mass is 260 g/mol. The van der Waals surface area contributed by atoms with E-state index in [0.717, 1.165) is 23.8 Å². The molecule has 17 heavy (non-hydrogen) atoms. The third-order valence-electron chi connectivity index (χ3n) is 2.96. The number of nitrogens with one attached hydrogen (secondary N) is 2. The minimum absolute atomic E-state index is 0.0609. The standard InChI is InChI=1S/C12H24N2O2S/c1-3-17-11-6-4-5-10(9-11)14-12(15)13-7-8-16-2/h10-11H,3-9H2,1-2H3,(H2,13,14,15). The number of thioether (sulfide) groups is 1. The quantitative estimate of drug-likeness (QED) is 0.718. The summed E-state index contributed by atoms with van der Waals surface area (Å²) in [5.41, 5.74) is 0. The second-order valence-corrected chi connectivity index (χ2v) is 5.91. The Balaban J connectivity index is 2.18. The Bertz CT molecular complexity index is 225. The molecule has 0 aliphatic heterocycles. The van der Waals surface area contributed by atoms with Crippen LogP contribution in [0.1, 0.15) is 32.6 Å². The minimum atomic E-state index is -0.0609. The molecule has 0 spiro atoms. The van der Waals surface area contributed by atoms with Gasteiger partial charge >= 0.3 is 6.03 Å². The number of methoxy groups -OCH3 is 1. The second-order valence-electron chi connectivity index (χ2n) is 4.33. The molecule has 0 heterocycles. The zero-order valence-corrected chi connectivity index (χ0v) is 11.6. The molecule has 2 atom stereocenters. The lowest BCUT2D eigenvalue weighted by molar-refractivity contribution is 0.194. The zero-order valence-electron chi connectivity index (χ0n) is 10.8. The van der Waals surface area contributed by atoms with Crippen molar-refractivity contribution in [3.8, 4) is 0 Å². The molecular formula is C12H24N2O2S. The third kappa shape index (κ3) is 6.17.